The molecule has 2 aromatic heterocycles. The van der Waals surface area contributed by atoms with Gasteiger partial charge in [-0.25, -0.2) is 9.37 Å². The van der Waals surface area contributed by atoms with E-state index in [1.54, 1.807) is 0 Å². The fourth-order valence-electron chi connectivity index (χ4n) is 2.25. The molecule has 1 saturated carbocycles. The first-order valence-electron chi connectivity index (χ1n) is 5.93. The van der Waals surface area contributed by atoms with Crippen molar-refractivity contribution in [2.24, 2.45) is 5.73 Å². The minimum absolute atomic E-state index is 0.217. The topological polar surface area (TPSA) is 77.8 Å². The van der Waals surface area contributed by atoms with Crippen molar-refractivity contribution >= 4 is 0 Å². The van der Waals surface area contributed by atoms with E-state index in [1.807, 2.05) is 0 Å². The van der Waals surface area contributed by atoms with E-state index < -0.39 is 0 Å². The lowest BCUT2D eigenvalue weighted by molar-refractivity contribution is 0.353. The lowest BCUT2D eigenvalue weighted by Gasteiger charge is -2.01. The fraction of sp³-hybridized carbons (Fsp3) is 0.417. The maximum atomic E-state index is 12.8. The molecule has 1 fully saturated rings. The highest BCUT2D eigenvalue weighted by atomic mass is 19.1. The van der Waals surface area contributed by atoms with E-state index in [0.717, 1.165) is 25.5 Å². The summed E-state index contributed by atoms with van der Waals surface area (Å²) in [7, 11) is 0. The highest BCUT2D eigenvalue weighted by Gasteiger charge is 2.28. The van der Waals surface area contributed by atoms with Crippen molar-refractivity contribution in [3.8, 4) is 11.5 Å². The monoisotopic (exact) mass is 248 g/mol. The highest BCUT2D eigenvalue weighted by molar-refractivity contribution is 5.47. The third kappa shape index (κ3) is 2.11. The van der Waals surface area contributed by atoms with Crippen molar-refractivity contribution in [1.82, 2.24) is 15.1 Å². The predicted octanol–water partition coefficient (Wildman–Crippen LogP) is 1.87. The Morgan fingerprint density at radius 2 is 2.22 bits per heavy atom. The van der Waals surface area contributed by atoms with Crippen LogP contribution < -0.4 is 5.73 Å². The summed E-state index contributed by atoms with van der Waals surface area (Å²) < 4.78 is 18.0. The number of hydrogen-bond donors (Lipinski definition) is 1. The molecular weight excluding hydrogens is 235 g/mol. The number of pyridine rings is 1. The average molecular weight is 248 g/mol. The predicted molar refractivity (Wildman–Crippen MR) is 62.1 cm³/mol. The van der Waals surface area contributed by atoms with Crippen molar-refractivity contribution < 1.29 is 8.91 Å². The van der Waals surface area contributed by atoms with Crippen LogP contribution in [0.25, 0.3) is 11.5 Å². The standard InChI is InChI=1S/C12H13FN4O/c13-8-2-4-10(15-6-8)11-16-12(18-17-11)7-1-3-9(14)5-7/h2,4,6-7,9H,1,3,5,14H2. The second-order valence-electron chi connectivity index (χ2n) is 4.59. The molecule has 0 aliphatic heterocycles. The van der Waals surface area contributed by atoms with Gasteiger partial charge in [-0.05, 0) is 31.4 Å². The van der Waals surface area contributed by atoms with Crippen LogP contribution in [0, 0.1) is 5.82 Å². The Bertz CT molecular complexity index is 539. The second kappa shape index (κ2) is 4.45. The fourth-order valence-corrected chi connectivity index (χ4v) is 2.25. The van der Waals surface area contributed by atoms with Gasteiger partial charge in [-0.1, -0.05) is 5.16 Å². The largest absolute Gasteiger partial charge is 0.339 e. The molecule has 0 bridgehead atoms. The molecule has 0 amide bonds. The van der Waals surface area contributed by atoms with Crippen molar-refractivity contribution in [1.29, 1.82) is 0 Å². The summed E-state index contributed by atoms with van der Waals surface area (Å²) in [6.07, 6.45) is 3.96. The van der Waals surface area contributed by atoms with Crippen LogP contribution in [-0.4, -0.2) is 21.2 Å². The van der Waals surface area contributed by atoms with Gasteiger partial charge in [0.25, 0.3) is 0 Å². The molecule has 1 aliphatic carbocycles. The van der Waals surface area contributed by atoms with Crippen molar-refractivity contribution in [3.63, 3.8) is 0 Å². The number of halogens is 1. The van der Waals surface area contributed by atoms with E-state index >= 15 is 0 Å². The van der Waals surface area contributed by atoms with Gasteiger partial charge in [0.05, 0.1) is 6.20 Å². The Morgan fingerprint density at radius 1 is 1.33 bits per heavy atom. The zero-order chi connectivity index (χ0) is 12.5. The van der Waals surface area contributed by atoms with Gasteiger partial charge in [0, 0.05) is 12.0 Å². The van der Waals surface area contributed by atoms with Gasteiger partial charge in [-0.3, -0.25) is 0 Å². The van der Waals surface area contributed by atoms with Crippen LogP contribution >= 0.6 is 0 Å². The van der Waals surface area contributed by atoms with Gasteiger partial charge in [0.15, 0.2) is 0 Å². The maximum absolute atomic E-state index is 12.8. The minimum Gasteiger partial charge on any atom is -0.339 e. The van der Waals surface area contributed by atoms with Crippen LogP contribution in [0.2, 0.25) is 0 Å². The van der Waals surface area contributed by atoms with Crippen molar-refractivity contribution in [2.75, 3.05) is 0 Å². The zero-order valence-electron chi connectivity index (χ0n) is 9.71. The molecule has 0 radical (unpaired) electrons. The zero-order valence-corrected chi connectivity index (χ0v) is 9.71. The number of nitrogens with zero attached hydrogens (tertiary/aromatic N) is 3. The third-order valence-corrected chi connectivity index (χ3v) is 3.22. The van der Waals surface area contributed by atoms with E-state index in [1.165, 1.54) is 12.1 Å². The lowest BCUT2D eigenvalue weighted by Crippen LogP contribution is -2.14. The van der Waals surface area contributed by atoms with Gasteiger partial charge in [0.1, 0.15) is 11.5 Å². The summed E-state index contributed by atoms with van der Waals surface area (Å²) in [5, 5.41) is 3.87. The van der Waals surface area contributed by atoms with E-state index in [-0.39, 0.29) is 17.8 Å². The Labute approximate surface area is 103 Å². The normalized spacial score (nSPS) is 23.4. The van der Waals surface area contributed by atoms with Gasteiger partial charge >= 0.3 is 0 Å². The molecule has 2 aromatic rings. The minimum atomic E-state index is -0.385. The molecule has 2 atom stereocenters. The van der Waals surface area contributed by atoms with Crippen LogP contribution in [0.5, 0.6) is 0 Å². The van der Waals surface area contributed by atoms with E-state index in [4.69, 9.17) is 10.3 Å². The molecule has 2 heterocycles. The summed E-state index contributed by atoms with van der Waals surface area (Å²) in [5.41, 5.74) is 6.36. The molecule has 3 rings (SSSR count). The Balaban J connectivity index is 1.83. The molecule has 0 aromatic carbocycles. The number of rotatable bonds is 2. The quantitative estimate of drug-likeness (QED) is 0.877. The summed E-state index contributed by atoms with van der Waals surface area (Å²) in [6.45, 7) is 0. The molecule has 2 N–H and O–H groups in total. The van der Waals surface area contributed by atoms with Crippen molar-refractivity contribution in [2.45, 2.75) is 31.2 Å². The van der Waals surface area contributed by atoms with Crippen molar-refractivity contribution in [3.05, 3.63) is 30.0 Å². The van der Waals surface area contributed by atoms with E-state index in [2.05, 4.69) is 15.1 Å². The lowest BCUT2D eigenvalue weighted by atomic mass is 10.1. The summed E-state index contributed by atoms with van der Waals surface area (Å²) in [5.74, 6) is 0.848. The number of hydrogen-bond acceptors (Lipinski definition) is 5. The SMILES string of the molecule is NC1CCC(c2nc(-c3ccc(F)cn3)no2)C1. The van der Waals surface area contributed by atoms with E-state index in [0.29, 0.717) is 17.4 Å². The third-order valence-electron chi connectivity index (χ3n) is 3.22. The average Bonchev–Trinajstić information content (AvgIpc) is 2.98. The molecular formula is C12H13FN4O. The first-order chi connectivity index (χ1) is 8.72. The van der Waals surface area contributed by atoms with Gasteiger partial charge in [0.2, 0.25) is 11.7 Å². The number of nitrogens with two attached hydrogens (primary N) is 1. The first-order valence-corrected chi connectivity index (χ1v) is 5.93. The maximum Gasteiger partial charge on any atom is 0.230 e. The smallest absolute Gasteiger partial charge is 0.230 e. The molecule has 5 nitrogen and oxygen atoms in total. The van der Waals surface area contributed by atoms with Crippen LogP contribution in [0.3, 0.4) is 0 Å². The molecule has 2 unspecified atom stereocenters. The van der Waals surface area contributed by atoms with Crippen LogP contribution in [0.4, 0.5) is 4.39 Å². The Hall–Kier alpha value is -1.82. The molecule has 94 valence electrons. The van der Waals surface area contributed by atoms with Crippen LogP contribution in [0.1, 0.15) is 31.1 Å². The Morgan fingerprint density at radius 3 is 2.89 bits per heavy atom. The van der Waals surface area contributed by atoms with Crippen LogP contribution in [-0.2, 0) is 0 Å². The van der Waals surface area contributed by atoms with Gasteiger partial charge in [-0.2, -0.15) is 4.98 Å². The Kier molecular flexibility index (Phi) is 2.79. The summed E-state index contributed by atoms with van der Waals surface area (Å²) >= 11 is 0. The van der Waals surface area contributed by atoms with E-state index in [9.17, 15) is 4.39 Å². The molecule has 0 spiro atoms. The molecule has 18 heavy (non-hydrogen) atoms. The van der Waals surface area contributed by atoms with Gasteiger partial charge < -0.3 is 10.3 Å². The molecule has 1 aliphatic rings. The molecule has 6 heteroatoms. The molecule has 0 saturated heterocycles. The number of aromatic nitrogens is 3. The summed E-state index contributed by atoms with van der Waals surface area (Å²) in [4.78, 5) is 8.23. The summed E-state index contributed by atoms with van der Waals surface area (Å²) in [6, 6.07) is 3.07. The van der Waals surface area contributed by atoms with Gasteiger partial charge in [-0.15, -0.1) is 0 Å². The second-order valence-corrected chi connectivity index (χ2v) is 4.59. The first kappa shape index (κ1) is 11.3. The highest BCUT2D eigenvalue weighted by Crippen LogP contribution is 2.33. The van der Waals surface area contributed by atoms with Crippen LogP contribution in [0.15, 0.2) is 22.9 Å².